The van der Waals surface area contributed by atoms with E-state index in [-0.39, 0.29) is 17.7 Å². The van der Waals surface area contributed by atoms with E-state index in [2.05, 4.69) is 0 Å². The van der Waals surface area contributed by atoms with Crippen molar-refractivity contribution in [2.75, 3.05) is 40.9 Å². The second-order valence-electron chi connectivity index (χ2n) is 7.68. The van der Waals surface area contributed by atoms with Crippen molar-refractivity contribution >= 4 is 11.8 Å². The Labute approximate surface area is 177 Å². The van der Waals surface area contributed by atoms with Crippen molar-refractivity contribution < 1.29 is 23.5 Å². The number of hydrogen-bond acceptors (Lipinski definition) is 5. The number of benzene rings is 1. The molecule has 1 aliphatic heterocycles. The van der Waals surface area contributed by atoms with Gasteiger partial charge >= 0.3 is 0 Å². The fourth-order valence-corrected chi connectivity index (χ4v) is 3.90. The van der Waals surface area contributed by atoms with E-state index in [0.29, 0.717) is 48.9 Å². The summed E-state index contributed by atoms with van der Waals surface area (Å²) in [6.45, 7) is 3.49. The van der Waals surface area contributed by atoms with E-state index in [4.69, 9.17) is 13.9 Å². The zero-order valence-electron chi connectivity index (χ0n) is 18.1. The normalized spacial score (nSPS) is 16.3. The molecule has 0 saturated carbocycles. The minimum absolute atomic E-state index is 0.0632. The van der Waals surface area contributed by atoms with Gasteiger partial charge in [-0.3, -0.25) is 9.59 Å². The fraction of sp³-hybridized carbons (Fsp3) is 0.478. The van der Waals surface area contributed by atoms with E-state index >= 15 is 0 Å². The van der Waals surface area contributed by atoms with Crippen molar-refractivity contribution in [3.8, 4) is 11.5 Å². The number of amides is 2. The van der Waals surface area contributed by atoms with Crippen LogP contribution in [0.5, 0.6) is 11.5 Å². The monoisotopic (exact) mass is 414 g/mol. The highest BCUT2D eigenvalue weighted by atomic mass is 16.5. The van der Waals surface area contributed by atoms with Gasteiger partial charge < -0.3 is 23.7 Å². The van der Waals surface area contributed by atoms with Crippen molar-refractivity contribution in [2.45, 2.75) is 26.2 Å². The summed E-state index contributed by atoms with van der Waals surface area (Å²) in [5, 5.41) is 0. The second kappa shape index (κ2) is 9.69. The summed E-state index contributed by atoms with van der Waals surface area (Å²) in [7, 11) is 5.04. The Morgan fingerprint density at radius 2 is 1.97 bits per heavy atom. The number of carbonyl (C=O) groups excluding carboxylic acids is 2. The molecule has 2 amide bonds. The molecular formula is C23H30N2O5. The Morgan fingerprint density at radius 3 is 2.63 bits per heavy atom. The summed E-state index contributed by atoms with van der Waals surface area (Å²) in [5.41, 5.74) is 1.65. The van der Waals surface area contributed by atoms with Crippen LogP contribution < -0.4 is 9.47 Å². The van der Waals surface area contributed by atoms with Crippen LogP contribution in [-0.2, 0) is 11.2 Å². The Hall–Kier alpha value is -2.96. The molecule has 0 N–H and O–H groups in total. The lowest BCUT2D eigenvalue weighted by Crippen LogP contribution is -2.46. The van der Waals surface area contributed by atoms with Gasteiger partial charge in [0.05, 0.1) is 32.0 Å². The highest BCUT2D eigenvalue weighted by Gasteiger charge is 2.31. The Balaban J connectivity index is 1.57. The van der Waals surface area contributed by atoms with Gasteiger partial charge in [-0.2, -0.15) is 0 Å². The molecule has 30 heavy (non-hydrogen) atoms. The van der Waals surface area contributed by atoms with Crippen molar-refractivity contribution in [1.82, 2.24) is 9.80 Å². The lowest BCUT2D eigenvalue weighted by atomic mass is 9.95. The highest BCUT2D eigenvalue weighted by Crippen LogP contribution is 2.28. The third-order valence-electron chi connectivity index (χ3n) is 5.71. The lowest BCUT2D eigenvalue weighted by Gasteiger charge is -2.34. The first-order valence-electron chi connectivity index (χ1n) is 10.2. The molecule has 1 aliphatic rings. The number of aryl methyl sites for hydroxylation is 1. The zero-order valence-corrected chi connectivity index (χ0v) is 18.1. The summed E-state index contributed by atoms with van der Waals surface area (Å²) in [5.74, 6) is 1.82. The third-order valence-corrected chi connectivity index (χ3v) is 5.71. The molecule has 162 valence electrons. The first-order valence-corrected chi connectivity index (χ1v) is 10.2. The fourth-order valence-electron chi connectivity index (χ4n) is 3.90. The molecule has 1 aromatic carbocycles. The van der Waals surface area contributed by atoms with Gasteiger partial charge in [0.2, 0.25) is 5.91 Å². The van der Waals surface area contributed by atoms with Crippen LogP contribution in [0.4, 0.5) is 0 Å². The molecule has 2 aromatic rings. The molecule has 0 aliphatic carbocycles. The third kappa shape index (κ3) is 4.78. The molecular weight excluding hydrogens is 384 g/mol. The van der Waals surface area contributed by atoms with Gasteiger partial charge in [0.15, 0.2) is 11.5 Å². The van der Waals surface area contributed by atoms with Crippen LogP contribution in [0.15, 0.2) is 34.9 Å². The number of nitrogens with zero attached hydrogens (tertiary/aromatic N) is 2. The SMILES string of the molecule is COc1ccc(CCN(C)C(=O)[C@@H]2CCCN(C(=O)c3ccoc3C)C2)cc1OC. The van der Waals surface area contributed by atoms with Crippen LogP contribution in [0, 0.1) is 12.8 Å². The maximum atomic E-state index is 13.0. The van der Waals surface area contributed by atoms with Crippen LogP contribution >= 0.6 is 0 Å². The first kappa shape index (κ1) is 21.7. The molecule has 0 radical (unpaired) electrons. The van der Waals surface area contributed by atoms with E-state index in [9.17, 15) is 9.59 Å². The predicted octanol–water partition coefficient (Wildman–Crippen LogP) is 3.16. The summed E-state index contributed by atoms with van der Waals surface area (Å²) < 4.78 is 15.9. The number of ether oxygens (including phenoxy) is 2. The standard InChI is InChI=1S/C23H30N2O5/c1-16-19(10-13-30-16)23(27)25-11-5-6-18(15-25)22(26)24(2)12-9-17-7-8-20(28-3)21(14-17)29-4/h7-8,10,13-14,18H,5-6,9,11-12,15H2,1-4H3/t18-/m1/s1. The molecule has 7 heteroatoms. The summed E-state index contributed by atoms with van der Waals surface area (Å²) >= 11 is 0. The smallest absolute Gasteiger partial charge is 0.257 e. The second-order valence-corrected chi connectivity index (χ2v) is 7.68. The lowest BCUT2D eigenvalue weighted by molar-refractivity contribution is -0.135. The maximum absolute atomic E-state index is 13.0. The minimum atomic E-state index is -0.176. The van der Waals surface area contributed by atoms with E-state index in [0.717, 1.165) is 18.4 Å². The van der Waals surface area contributed by atoms with Gasteiger partial charge in [0.25, 0.3) is 5.91 Å². The molecule has 1 atom stereocenters. The Bertz CT molecular complexity index is 891. The van der Waals surface area contributed by atoms with E-state index < -0.39 is 0 Å². The molecule has 7 nitrogen and oxygen atoms in total. The van der Waals surface area contributed by atoms with E-state index in [1.54, 1.807) is 37.0 Å². The molecule has 2 heterocycles. The van der Waals surface area contributed by atoms with Crippen molar-refractivity contribution in [3.63, 3.8) is 0 Å². The van der Waals surface area contributed by atoms with Crippen LogP contribution in [-0.4, -0.2) is 62.5 Å². The van der Waals surface area contributed by atoms with E-state index in [1.165, 1.54) is 6.26 Å². The van der Waals surface area contributed by atoms with Gasteiger partial charge in [-0.05, 0) is 49.9 Å². The van der Waals surface area contributed by atoms with Crippen LogP contribution in [0.25, 0.3) is 0 Å². The van der Waals surface area contributed by atoms with Gasteiger partial charge in [-0.15, -0.1) is 0 Å². The first-order chi connectivity index (χ1) is 14.4. The van der Waals surface area contributed by atoms with Gasteiger partial charge in [0.1, 0.15) is 5.76 Å². The predicted molar refractivity (Wildman–Crippen MR) is 113 cm³/mol. The largest absolute Gasteiger partial charge is 0.493 e. The van der Waals surface area contributed by atoms with Crippen molar-refractivity contribution in [2.24, 2.45) is 5.92 Å². The summed E-state index contributed by atoms with van der Waals surface area (Å²) in [6.07, 6.45) is 3.86. The van der Waals surface area contributed by atoms with Crippen LogP contribution in [0.1, 0.15) is 34.5 Å². The number of likely N-dealkylation sites (tertiary alicyclic amines) is 1. The molecule has 1 saturated heterocycles. The highest BCUT2D eigenvalue weighted by molar-refractivity contribution is 5.95. The molecule has 0 unspecified atom stereocenters. The number of piperidine rings is 1. The quantitative estimate of drug-likeness (QED) is 0.696. The number of hydrogen-bond donors (Lipinski definition) is 0. The number of methoxy groups -OCH3 is 2. The molecule has 3 rings (SSSR count). The number of furan rings is 1. The average molecular weight is 415 g/mol. The minimum Gasteiger partial charge on any atom is -0.493 e. The Morgan fingerprint density at radius 1 is 1.20 bits per heavy atom. The van der Waals surface area contributed by atoms with Gasteiger partial charge in [0, 0.05) is 26.7 Å². The zero-order chi connectivity index (χ0) is 21.7. The molecule has 0 bridgehead atoms. The van der Waals surface area contributed by atoms with Crippen LogP contribution in [0.3, 0.4) is 0 Å². The number of likely N-dealkylation sites (N-methyl/N-ethyl adjacent to an activating group) is 1. The van der Waals surface area contributed by atoms with Gasteiger partial charge in [-0.1, -0.05) is 6.07 Å². The topological polar surface area (TPSA) is 72.2 Å². The van der Waals surface area contributed by atoms with Crippen molar-refractivity contribution in [3.05, 3.63) is 47.4 Å². The number of carbonyl (C=O) groups is 2. The summed E-state index contributed by atoms with van der Waals surface area (Å²) in [6, 6.07) is 7.48. The van der Waals surface area contributed by atoms with Crippen molar-refractivity contribution in [1.29, 1.82) is 0 Å². The van der Waals surface area contributed by atoms with E-state index in [1.807, 2.05) is 25.2 Å². The molecule has 0 spiro atoms. The summed E-state index contributed by atoms with van der Waals surface area (Å²) in [4.78, 5) is 29.3. The molecule has 1 aromatic heterocycles. The Kier molecular flexibility index (Phi) is 7.03. The van der Waals surface area contributed by atoms with Crippen LogP contribution in [0.2, 0.25) is 0 Å². The maximum Gasteiger partial charge on any atom is 0.257 e. The average Bonchev–Trinajstić information content (AvgIpc) is 3.21. The number of rotatable bonds is 7. The molecule has 1 fully saturated rings. The van der Waals surface area contributed by atoms with Gasteiger partial charge in [-0.25, -0.2) is 0 Å².